The second-order valence-corrected chi connectivity index (χ2v) is 5.73. The van der Waals surface area contributed by atoms with E-state index >= 15 is 0 Å². The molecule has 0 amide bonds. The van der Waals surface area contributed by atoms with Gasteiger partial charge in [-0.15, -0.1) is 0 Å². The highest BCUT2D eigenvalue weighted by Gasteiger charge is 2.43. The molecule has 0 aromatic carbocycles. The van der Waals surface area contributed by atoms with Crippen LogP contribution in [0.25, 0.3) is 0 Å². The molecule has 1 saturated heterocycles. The first-order chi connectivity index (χ1) is 7.18. The Morgan fingerprint density at radius 2 is 1.87 bits per heavy atom. The normalized spacial score (nSPS) is 31.6. The Morgan fingerprint density at radius 3 is 2.40 bits per heavy atom. The van der Waals surface area contributed by atoms with Crippen molar-refractivity contribution < 1.29 is 0 Å². The summed E-state index contributed by atoms with van der Waals surface area (Å²) in [6.45, 7) is 7.27. The van der Waals surface area contributed by atoms with E-state index in [9.17, 15) is 0 Å². The molecule has 1 saturated carbocycles. The lowest BCUT2D eigenvalue weighted by molar-refractivity contribution is 0.0685. The van der Waals surface area contributed by atoms with E-state index in [0.29, 0.717) is 5.41 Å². The van der Waals surface area contributed by atoms with Gasteiger partial charge in [0.25, 0.3) is 0 Å². The third-order valence-electron chi connectivity index (χ3n) is 4.78. The fourth-order valence-electron chi connectivity index (χ4n) is 3.67. The van der Waals surface area contributed by atoms with Crippen LogP contribution in [0.15, 0.2) is 0 Å². The molecule has 2 aliphatic rings. The van der Waals surface area contributed by atoms with Crippen molar-refractivity contribution in [2.75, 3.05) is 20.1 Å². The van der Waals surface area contributed by atoms with Crippen LogP contribution < -0.4 is 5.32 Å². The first-order valence-electron chi connectivity index (χ1n) is 6.59. The van der Waals surface area contributed by atoms with Gasteiger partial charge in [-0.25, -0.2) is 0 Å². The van der Waals surface area contributed by atoms with Gasteiger partial charge in [-0.1, -0.05) is 6.42 Å². The molecule has 2 nitrogen and oxygen atoms in total. The Hall–Kier alpha value is -0.0800. The molecule has 0 bridgehead atoms. The number of hydrogen-bond donors (Lipinski definition) is 1. The fourth-order valence-corrected chi connectivity index (χ4v) is 3.67. The van der Waals surface area contributed by atoms with Crippen LogP contribution in [-0.2, 0) is 0 Å². The maximum atomic E-state index is 3.55. The second-order valence-electron chi connectivity index (χ2n) is 5.73. The lowest BCUT2D eigenvalue weighted by Crippen LogP contribution is -2.49. The Bertz CT molecular complexity index is 205. The minimum atomic E-state index is 0.653. The zero-order chi connectivity index (χ0) is 10.9. The van der Waals surface area contributed by atoms with Crippen molar-refractivity contribution in [1.82, 2.24) is 10.2 Å². The third kappa shape index (κ3) is 2.07. The number of piperidine rings is 1. The van der Waals surface area contributed by atoms with Gasteiger partial charge in [-0.05, 0) is 65.1 Å². The number of nitrogens with zero attached hydrogens (tertiary/aromatic N) is 1. The number of nitrogens with one attached hydrogen (secondary N) is 1. The molecule has 0 radical (unpaired) electrons. The molecule has 88 valence electrons. The first-order valence-corrected chi connectivity index (χ1v) is 6.59. The molecule has 0 unspecified atom stereocenters. The van der Waals surface area contributed by atoms with Crippen molar-refractivity contribution in [2.45, 2.75) is 58.0 Å². The zero-order valence-electron chi connectivity index (χ0n) is 10.6. The van der Waals surface area contributed by atoms with Gasteiger partial charge < -0.3 is 10.2 Å². The molecule has 1 N–H and O–H groups in total. The number of rotatable bonds is 2. The van der Waals surface area contributed by atoms with E-state index in [4.69, 9.17) is 0 Å². The van der Waals surface area contributed by atoms with Crippen LogP contribution in [0.3, 0.4) is 0 Å². The van der Waals surface area contributed by atoms with Crippen molar-refractivity contribution in [3.63, 3.8) is 0 Å². The highest BCUT2D eigenvalue weighted by atomic mass is 15.2. The maximum absolute atomic E-state index is 3.55. The van der Waals surface area contributed by atoms with Gasteiger partial charge in [-0.2, -0.15) is 0 Å². The summed E-state index contributed by atoms with van der Waals surface area (Å²) >= 11 is 0. The molecular weight excluding hydrogens is 184 g/mol. The molecule has 1 heterocycles. The van der Waals surface area contributed by atoms with Crippen molar-refractivity contribution in [3.05, 3.63) is 0 Å². The fraction of sp³-hybridized carbons (Fsp3) is 1.00. The summed E-state index contributed by atoms with van der Waals surface area (Å²) in [7, 11) is 2.15. The monoisotopic (exact) mass is 210 g/mol. The molecule has 1 atom stereocenters. The summed E-state index contributed by atoms with van der Waals surface area (Å²) < 4.78 is 0. The molecule has 1 spiro atoms. The van der Waals surface area contributed by atoms with Gasteiger partial charge in [0.05, 0.1) is 0 Å². The largest absolute Gasteiger partial charge is 0.316 e. The van der Waals surface area contributed by atoms with E-state index in [0.717, 1.165) is 12.1 Å². The Morgan fingerprint density at radius 1 is 1.20 bits per heavy atom. The van der Waals surface area contributed by atoms with E-state index in [1.165, 1.54) is 45.2 Å². The van der Waals surface area contributed by atoms with E-state index in [1.54, 1.807) is 0 Å². The third-order valence-corrected chi connectivity index (χ3v) is 4.78. The van der Waals surface area contributed by atoms with Crippen LogP contribution in [0, 0.1) is 5.41 Å². The Balaban J connectivity index is 1.96. The second kappa shape index (κ2) is 4.42. The van der Waals surface area contributed by atoms with Crippen LogP contribution in [0.4, 0.5) is 0 Å². The summed E-state index contributed by atoms with van der Waals surface area (Å²) in [5.41, 5.74) is 0.653. The van der Waals surface area contributed by atoms with Crippen molar-refractivity contribution in [1.29, 1.82) is 0 Å². The highest BCUT2D eigenvalue weighted by Crippen LogP contribution is 2.46. The summed E-state index contributed by atoms with van der Waals surface area (Å²) in [5.74, 6) is 0. The summed E-state index contributed by atoms with van der Waals surface area (Å²) in [6, 6.07) is 1.53. The first kappa shape index (κ1) is 11.4. The SMILES string of the molecule is CN[C@@H]1CCCC12CCN(C(C)C)CC2. The Labute approximate surface area is 94.4 Å². The highest BCUT2D eigenvalue weighted by molar-refractivity contribution is 4.99. The average molecular weight is 210 g/mol. The molecule has 1 aliphatic carbocycles. The standard InChI is InChI=1S/C13H26N2/c1-11(2)15-9-7-13(8-10-15)6-4-5-12(13)14-3/h11-12,14H,4-10H2,1-3H3/t12-/m1/s1. The average Bonchev–Trinajstić information content (AvgIpc) is 2.61. The van der Waals surface area contributed by atoms with Gasteiger partial charge >= 0.3 is 0 Å². The van der Waals surface area contributed by atoms with Crippen LogP contribution in [0.1, 0.15) is 46.0 Å². The maximum Gasteiger partial charge on any atom is 0.0121 e. The Kier molecular flexibility index (Phi) is 3.36. The summed E-state index contributed by atoms with van der Waals surface area (Å²) in [6.07, 6.45) is 7.13. The predicted octanol–water partition coefficient (Wildman–Crippen LogP) is 2.25. The minimum Gasteiger partial charge on any atom is -0.316 e. The van der Waals surface area contributed by atoms with E-state index in [1.807, 2.05) is 0 Å². The van der Waals surface area contributed by atoms with Gasteiger partial charge in [0.15, 0.2) is 0 Å². The van der Waals surface area contributed by atoms with Gasteiger partial charge in [0.1, 0.15) is 0 Å². The smallest absolute Gasteiger partial charge is 0.0121 e. The zero-order valence-corrected chi connectivity index (χ0v) is 10.6. The summed E-state index contributed by atoms with van der Waals surface area (Å²) in [4.78, 5) is 2.64. The molecular formula is C13H26N2. The van der Waals surface area contributed by atoms with Crippen molar-refractivity contribution in [3.8, 4) is 0 Å². The van der Waals surface area contributed by atoms with E-state index in [2.05, 4.69) is 31.1 Å². The lowest BCUT2D eigenvalue weighted by atomic mass is 9.74. The molecule has 0 aromatic rings. The van der Waals surface area contributed by atoms with Crippen molar-refractivity contribution in [2.24, 2.45) is 5.41 Å². The molecule has 2 fully saturated rings. The predicted molar refractivity (Wildman–Crippen MR) is 65.1 cm³/mol. The topological polar surface area (TPSA) is 15.3 Å². The minimum absolute atomic E-state index is 0.653. The van der Waals surface area contributed by atoms with Crippen LogP contribution in [-0.4, -0.2) is 37.1 Å². The summed E-state index contributed by atoms with van der Waals surface area (Å²) in [5, 5.41) is 3.55. The van der Waals surface area contributed by atoms with Crippen LogP contribution in [0.5, 0.6) is 0 Å². The van der Waals surface area contributed by atoms with Crippen LogP contribution >= 0.6 is 0 Å². The molecule has 2 heteroatoms. The van der Waals surface area contributed by atoms with Gasteiger partial charge in [0, 0.05) is 12.1 Å². The molecule has 0 aromatic heterocycles. The van der Waals surface area contributed by atoms with E-state index < -0.39 is 0 Å². The molecule has 1 aliphatic heterocycles. The lowest BCUT2D eigenvalue weighted by Gasteiger charge is -2.44. The quantitative estimate of drug-likeness (QED) is 0.752. The van der Waals surface area contributed by atoms with Crippen molar-refractivity contribution >= 4 is 0 Å². The van der Waals surface area contributed by atoms with E-state index in [-0.39, 0.29) is 0 Å². The van der Waals surface area contributed by atoms with Gasteiger partial charge in [-0.3, -0.25) is 0 Å². The molecule has 15 heavy (non-hydrogen) atoms. The number of hydrogen-bond acceptors (Lipinski definition) is 2. The molecule has 2 rings (SSSR count). The van der Waals surface area contributed by atoms with Crippen LogP contribution in [0.2, 0.25) is 0 Å². The van der Waals surface area contributed by atoms with Gasteiger partial charge in [0.2, 0.25) is 0 Å². The number of likely N-dealkylation sites (tertiary alicyclic amines) is 1.